The highest BCUT2D eigenvalue weighted by Crippen LogP contribution is 2.19. The summed E-state index contributed by atoms with van der Waals surface area (Å²) in [5.74, 6) is 0.675. The largest absolute Gasteiger partial charge is 0.361 e. The van der Waals surface area contributed by atoms with E-state index in [0.717, 1.165) is 0 Å². The number of carbonyl (C=O) groups excluding carboxylic acids is 1. The van der Waals surface area contributed by atoms with Crippen molar-refractivity contribution in [1.29, 1.82) is 0 Å². The number of Topliss-reactive ketones (excluding diaryl/α,β-unsaturated/α-hetero) is 1. The average molecular weight is 152 g/mol. The predicted molar refractivity (Wildman–Crippen MR) is 37.1 cm³/mol. The maximum Gasteiger partial charge on any atom is 0.169 e. The van der Waals surface area contributed by atoms with Crippen LogP contribution in [0.2, 0.25) is 0 Å². The number of nitrogens with zero attached hydrogens (tertiary/aromatic N) is 1. The van der Waals surface area contributed by atoms with Crippen molar-refractivity contribution in [1.82, 2.24) is 5.16 Å². The first-order valence-corrected chi connectivity index (χ1v) is 3.49. The lowest BCUT2D eigenvalue weighted by atomic mass is 9.94. The molecule has 2 N–H and O–H groups in total. The number of fused-ring (bicyclic) bond motifs is 1. The first-order chi connectivity index (χ1) is 5.27. The van der Waals surface area contributed by atoms with E-state index in [4.69, 9.17) is 10.3 Å². The summed E-state index contributed by atoms with van der Waals surface area (Å²) >= 11 is 0. The first-order valence-electron chi connectivity index (χ1n) is 3.49. The van der Waals surface area contributed by atoms with Crippen molar-refractivity contribution in [3.8, 4) is 0 Å². The molecule has 0 saturated heterocycles. The van der Waals surface area contributed by atoms with Crippen molar-refractivity contribution in [3.05, 3.63) is 17.5 Å². The Kier molecular flexibility index (Phi) is 1.29. The fourth-order valence-corrected chi connectivity index (χ4v) is 1.30. The lowest BCUT2D eigenvalue weighted by Crippen LogP contribution is -2.30. The molecule has 0 spiro atoms. The van der Waals surface area contributed by atoms with Gasteiger partial charge in [0.15, 0.2) is 5.78 Å². The molecule has 0 aromatic carbocycles. The molecule has 0 radical (unpaired) electrons. The Morgan fingerprint density at radius 3 is 3.27 bits per heavy atom. The van der Waals surface area contributed by atoms with Gasteiger partial charge in [0, 0.05) is 18.9 Å². The van der Waals surface area contributed by atoms with Gasteiger partial charge in [-0.25, -0.2) is 0 Å². The molecule has 0 fully saturated rings. The molecule has 2 rings (SSSR count). The van der Waals surface area contributed by atoms with Gasteiger partial charge in [0.1, 0.15) is 5.76 Å². The zero-order valence-electron chi connectivity index (χ0n) is 5.91. The summed E-state index contributed by atoms with van der Waals surface area (Å²) in [5.41, 5.74) is 6.19. The normalized spacial score (nSPS) is 23.4. The number of ketones is 1. The summed E-state index contributed by atoms with van der Waals surface area (Å²) in [6.07, 6.45) is 2.50. The molecule has 1 heterocycles. The van der Waals surface area contributed by atoms with Gasteiger partial charge in [-0.15, -0.1) is 0 Å². The van der Waals surface area contributed by atoms with Gasteiger partial charge in [-0.3, -0.25) is 4.79 Å². The molecule has 1 aromatic heterocycles. The van der Waals surface area contributed by atoms with E-state index in [9.17, 15) is 4.79 Å². The van der Waals surface area contributed by atoms with E-state index in [2.05, 4.69) is 5.16 Å². The molecule has 11 heavy (non-hydrogen) atoms. The first kappa shape index (κ1) is 6.54. The fourth-order valence-electron chi connectivity index (χ4n) is 1.30. The van der Waals surface area contributed by atoms with E-state index in [1.807, 2.05) is 0 Å². The SMILES string of the molecule is NC1CC(=O)c2cnoc2C1. The smallest absolute Gasteiger partial charge is 0.169 e. The monoisotopic (exact) mass is 152 g/mol. The van der Waals surface area contributed by atoms with Crippen molar-refractivity contribution in [3.63, 3.8) is 0 Å². The molecular weight excluding hydrogens is 144 g/mol. The summed E-state index contributed by atoms with van der Waals surface area (Å²) in [7, 11) is 0. The summed E-state index contributed by atoms with van der Waals surface area (Å²) in [5, 5.41) is 3.54. The van der Waals surface area contributed by atoms with E-state index in [1.54, 1.807) is 0 Å². The number of hydrogen-bond acceptors (Lipinski definition) is 4. The molecule has 4 heteroatoms. The second-order valence-corrected chi connectivity index (χ2v) is 2.75. The molecular formula is C7H8N2O2. The van der Waals surface area contributed by atoms with Crippen LogP contribution < -0.4 is 5.73 Å². The number of carbonyl (C=O) groups is 1. The Hall–Kier alpha value is -1.16. The lowest BCUT2D eigenvalue weighted by Gasteiger charge is -2.13. The van der Waals surface area contributed by atoms with E-state index < -0.39 is 0 Å². The van der Waals surface area contributed by atoms with E-state index in [0.29, 0.717) is 24.2 Å². The average Bonchev–Trinajstić information content (AvgIpc) is 2.34. The van der Waals surface area contributed by atoms with Crippen LogP contribution in [0.5, 0.6) is 0 Å². The zero-order valence-corrected chi connectivity index (χ0v) is 5.91. The Morgan fingerprint density at radius 2 is 2.45 bits per heavy atom. The number of aromatic nitrogens is 1. The van der Waals surface area contributed by atoms with Gasteiger partial charge in [-0.1, -0.05) is 5.16 Å². The van der Waals surface area contributed by atoms with Crippen molar-refractivity contribution in [2.45, 2.75) is 18.9 Å². The molecule has 0 aliphatic heterocycles. The Morgan fingerprint density at radius 1 is 1.64 bits per heavy atom. The molecule has 1 atom stereocenters. The summed E-state index contributed by atoms with van der Waals surface area (Å²) in [4.78, 5) is 11.2. The van der Waals surface area contributed by atoms with Crippen LogP contribution in [0.1, 0.15) is 22.5 Å². The van der Waals surface area contributed by atoms with Crippen LogP contribution >= 0.6 is 0 Å². The Labute approximate surface area is 63.4 Å². The summed E-state index contributed by atoms with van der Waals surface area (Å²) in [6.45, 7) is 0. The van der Waals surface area contributed by atoms with Gasteiger partial charge >= 0.3 is 0 Å². The molecule has 1 unspecified atom stereocenters. The van der Waals surface area contributed by atoms with E-state index in [-0.39, 0.29) is 11.8 Å². The number of hydrogen-bond donors (Lipinski definition) is 1. The van der Waals surface area contributed by atoms with Crippen LogP contribution in [0.3, 0.4) is 0 Å². The standard InChI is InChI=1S/C7H8N2O2/c8-4-1-6(10)5-3-9-11-7(5)2-4/h3-4H,1-2,8H2. The third-order valence-corrected chi connectivity index (χ3v) is 1.84. The zero-order chi connectivity index (χ0) is 7.84. The van der Waals surface area contributed by atoms with Crippen LogP contribution in [0.15, 0.2) is 10.7 Å². The van der Waals surface area contributed by atoms with Crippen LogP contribution in [-0.2, 0) is 6.42 Å². The predicted octanol–water partition coefficient (Wildman–Crippen LogP) is 0.131. The maximum absolute atomic E-state index is 11.2. The van der Waals surface area contributed by atoms with Crippen molar-refractivity contribution >= 4 is 5.78 Å². The third-order valence-electron chi connectivity index (χ3n) is 1.84. The van der Waals surface area contributed by atoms with Gasteiger partial charge in [-0.2, -0.15) is 0 Å². The number of nitrogens with two attached hydrogens (primary N) is 1. The molecule has 0 amide bonds. The van der Waals surface area contributed by atoms with Gasteiger partial charge in [0.25, 0.3) is 0 Å². The van der Waals surface area contributed by atoms with Gasteiger partial charge in [0.2, 0.25) is 0 Å². The minimum Gasteiger partial charge on any atom is -0.361 e. The molecule has 1 aliphatic carbocycles. The number of rotatable bonds is 0. The molecule has 1 aromatic rings. The fraction of sp³-hybridized carbons (Fsp3) is 0.429. The van der Waals surface area contributed by atoms with Crippen LogP contribution in [-0.4, -0.2) is 17.0 Å². The lowest BCUT2D eigenvalue weighted by molar-refractivity contribution is 0.0961. The minimum atomic E-state index is -0.0945. The van der Waals surface area contributed by atoms with Crippen LogP contribution in [0.4, 0.5) is 0 Å². The van der Waals surface area contributed by atoms with Crippen molar-refractivity contribution in [2.75, 3.05) is 0 Å². The maximum atomic E-state index is 11.2. The highest BCUT2D eigenvalue weighted by atomic mass is 16.5. The second kappa shape index (κ2) is 2.17. The molecule has 0 saturated carbocycles. The molecule has 1 aliphatic rings. The summed E-state index contributed by atoms with van der Waals surface area (Å²) in [6, 6.07) is -0.0945. The highest BCUT2D eigenvalue weighted by molar-refractivity contribution is 5.98. The van der Waals surface area contributed by atoms with Crippen LogP contribution in [0, 0.1) is 0 Å². The quantitative estimate of drug-likeness (QED) is 0.573. The third kappa shape index (κ3) is 0.952. The molecule has 58 valence electrons. The van der Waals surface area contributed by atoms with Crippen molar-refractivity contribution in [2.24, 2.45) is 5.73 Å². The topological polar surface area (TPSA) is 69.1 Å². The van der Waals surface area contributed by atoms with E-state index in [1.165, 1.54) is 6.20 Å². The van der Waals surface area contributed by atoms with Gasteiger partial charge < -0.3 is 10.3 Å². The molecule has 4 nitrogen and oxygen atoms in total. The van der Waals surface area contributed by atoms with Crippen molar-refractivity contribution < 1.29 is 9.32 Å². The summed E-state index contributed by atoms with van der Waals surface area (Å²) < 4.78 is 4.85. The Bertz CT molecular complexity index is 292. The van der Waals surface area contributed by atoms with Crippen LogP contribution in [0.25, 0.3) is 0 Å². The van der Waals surface area contributed by atoms with Gasteiger partial charge in [0.05, 0.1) is 11.8 Å². The minimum absolute atomic E-state index is 0.0417. The van der Waals surface area contributed by atoms with Gasteiger partial charge in [-0.05, 0) is 0 Å². The molecule has 0 bridgehead atoms. The Balaban J connectivity index is 2.44. The highest BCUT2D eigenvalue weighted by Gasteiger charge is 2.25. The van der Waals surface area contributed by atoms with E-state index >= 15 is 0 Å². The second-order valence-electron chi connectivity index (χ2n) is 2.75.